The summed E-state index contributed by atoms with van der Waals surface area (Å²) in [6.07, 6.45) is 3.05. The minimum Gasteiger partial charge on any atom is -0.314 e. The van der Waals surface area contributed by atoms with E-state index in [2.05, 4.69) is 26.1 Å². The van der Waals surface area contributed by atoms with Crippen LogP contribution in [0.25, 0.3) is 0 Å². The Morgan fingerprint density at radius 1 is 1.33 bits per heavy atom. The van der Waals surface area contributed by atoms with Crippen LogP contribution in [0.1, 0.15) is 39.2 Å². The molecule has 0 amide bonds. The van der Waals surface area contributed by atoms with Crippen LogP contribution in [0.2, 0.25) is 5.02 Å². The van der Waals surface area contributed by atoms with E-state index in [-0.39, 0.29) is 5.82 Å². The molecule has 2 atom stereocenters. The summed E-state index contributed by atoms with van der Waals surface area (Å²) >= 11 is 6.12. The van der Waals surface area contributed by atoms with Crippen LogP contribution in [0.5, 0.6) is 0 Å². The van der Waals surface area contributed by atoms with Crippen molar-refractivity contribution in [2.24, 2.45) is 5.92 Å². The topological polar surface area (TPSA) is 12.0 Å². The lowest BCUT2D eigenvalue weighted by Gasteiger charge is -2.21. The molecule has 1 nitrogen and oxygen atoms in total. The highest BCUT2D eigenvalue weighted by molar-refractivity contribution is 6.31. The average Bonchev–Trinajstić information content (AvgIpc) is 2.34. The molecular formula is C15H23ClFN. The van der Waals surface area contributed by atoms with E-state index >= 15 is 0 Å². The van der Waals surface area contributed by atoms with Crippen molar-refractivity contribution in [1.29, 1.82) is 0 Å². The van der Waals surface area contributed by atoms with Crippen molar-refractivity contribution in [2.75, 3.05) is 6.54 Å². The molecule has 0 aliphatic heterocycles. The molecule has 102 valence electrons. The first kappa shape index (κ1) is 15.5. The summed E-state index contributed by atoms with van der Waals surface area (Å²) in [5.41, 5.74) is 0.894. The summed E-state index contributed by atoms with van der Waals surface area (Å²) in [7, 11) is 0. The van der Waals surface area contributed by atoms with Gasteiger partial charge in [-0.25, -0.2) is 4.39 Å². The monoisotopic (exact) mass is 271 g/mol. The molecule has 1 rings (SSSR count). The maximum absolute atomic E-state index is 13.2. The molecule has 0 radical (unpaired) electrons. The molecule has 0 aromatic heterocycles. The fraction of sp³-hybridized carbons (Fsp3) is 0.600. The number of hydrogen-bond acceptors (Lipinski definition) is 1. The third-order valence-electron chi connectivity index (χ3n) is 3.35. The molecule has 1 aromatic carbocycles. The van der Waals surface area contributed by atoms with Gasteiger partial charge in [0.2, 0.25) is 0 Å². The van der Waals surface area contributed by atoms with Crippen LogP contribution in [0.4, 0.5) is 4.39 Å². The molecule has 0 fully saturated rings. The first-order chi connectivity index (χ1) is 8.56. The van der Waals surface area contributed by atoms with Crippen molar-refractivity contribution < 1.29 is 4.39 Å². The van der Waals surface area contributed by atoms with Crippen LogP contribution >= 0.6 is 11.6 Å². The maximum atomic E-state index is 13.2. The van der Waals surface area contributed by atoms with Gasteiger partial charge in [-0.1, -0.05) is 38.8 Å². The predicted molar refractivity (Wildman–Crippen MR) is 76.7 cm³/mol. The Balaban J connectivity index is 2.72. The molecule has 1 aromatic rings. The van der Waals surface area contributed by atoms with Crippen LogP contribution < -0.4 is 5.32 Å². The molecule has 0 bridgehead atoms. The third-order valence-corrected chi connectivity index (χ3v) is 3.72. The number of likely N-dealkylation sites (N-methyl/N-ethyl adjacent to an activating group) is 1. The van der Waals surface area contributed by atoms with Crippen molar-refractivity contribution in [3.05, 3.63) is 34.6 Å². The Bertz CT molecular complexity index is 368. The SMILES string of the molecule is CCNC(Cc1cc(F)ccc1Cl)CC(C)CC. The number of benzene rings is 1. The van der Waals surface area contributed by atoms with Gasteiger partial charge < -0.3 is 5.32 Å². The summed E-state index contributed by atoms with van der Waals surface area (Å²) in [5.74, 6) is 0.453. The normalized spacial score (nSPS) is 14.5. The fourth-order valence-corrected chi connectivity index (χ4v) is 2.34. The predicted octanol–water partition coefficient (Wildman–Crippen LogP) is 4.44. The van der Waals surface area contributed by atoms with Crippen LogP contribution in [-0.2, 0) is 6.42 Å². The summed E-state index contributed by atoms with van der Waals surface area (Å²) < 4.78 is 13.2. The Morgan fingerprint density at radius 2 is 2.06 bits per heavy atom. The second-order valence-corrected chi connectivity index (χ2v) is 5.35. The minimum atomic E-state index is -0.215. The van der Waals surface area contributed by atoms with E-state index < -0.39 is 0 Å². The van der Waals surface area contributed by atoms with E-state index in [1.165, 1.54) is 12.5 Å². The molecule has 0 saturated carbocycles. The number of halogens is 2. The molecule has 0 aliphatic rings. The van der Waals surface area contributed by atoms with Gasteiger partial charge in [0.1, 0.15) is 5.82 Å². The molecule has 0 saturated heterocycles. The lowest BCUT2D eigenvalue weighted by atomic mass is 9.94. The quantitative estimate of drug-likeness (QED) is 0.773. The Kier molecular flexibility index (Phi) is 6.66. The number of hydrogen-bond donors (Lipinski definition) is 1. The van der Waals surface area contributed by atoms with Gasteiger partial charge in [0, 0.05) is 11.1 Å². The maximum Gasteiger partial charge on any atom is 0.123 e. The highest BCUT2D eigenvalue weighted by Crippen LogP contribution is 2.21. The zero-order chi connectivity index (χ0) is 13.5. The van der Waals surface area contributed by atoms with Crippen LogP contribution in [0.3, 0.4) is 0 Å². The van der Waals surface area contributed by atoms with Gasteiger partial charge in [0.05, 0.1) is 0 Å². The Labute approximate surface area is 115 Å². The second kappa shape index (κ2) is 7.75. The van der Waals surface area contributed by atoms with Gasteiger partial charge in [-0.15, -0.1) is 0 Å². The van der Waals surface area contributed by atoms with Crippen LogP contribution in [-0.4, -0.2) is 12.6 Å². The molecular weight excluding hydrogens is 249 g/mol. The smallest absolute Gasteiger partial charge is 0.123 e. The van der Waals surface area contributed by atoms with E-state index in [1.54, 1.807) is 12.1 Å². The summed E-state index contributed by atoms with van der Waals surface area (Å²) in [4.78, 5) is 0. The fourth-order valence-electron chi connectivity index (χ4n) is 2.15. The van der Waals surface area contributed by atoms with E-state index in [0.717, 1.165) is 24.9 Å². The first-order valence-electron chi connectivity index (χ1n) is 6.74. The van der Waals surface area contributed by atoms with Crippen molar-refractivity contribution in [3.63, 3.8) is 0 Å². The lowest BCUT2D eigenvalue weighted by Crippen LogP contribution is -2.32. The van der Waals surface area contributed by atoms with Crippen molar-refractivity contribution in [1.82, 2.24) is 5.32 Å². The van der Waals surface area contributed by atoms with Crippen LogP contribution in [0, 0.1) is 11.7 Å². The highest BCUT2D eigenvalue weighted by Gasteiger charge is 2.14. The van der Waals surface area contributed by atoms with E-state index in [9.17, 15) is 4.39 Å². The van der Waals surface area contributed by atoms with Gasteiger partial charge >= 0.3 is 0 Å². The van der Waals surface area contributed by atoms with E-state index in [4.69, 9.17) is 11.6 Å². The van der Waals surface area contributed by atoms with E-state index in [0.29, 0.717) is 17.0 Å². The molecule has 3 heteroatoms. The molecule has 18 heavy (non-hydrogen) atoms. The largest absolute Gasteiger partial charge is 0.314 e. The summed E-state index contributed by atoms with van der Waals surface area (Å²) in [5, 5.41) is 4.12. The zero-order valence-electron chi connectivity index (χ0n) is 11.5. The molecule has 0 spiro atoms. The lowest BCUT2D eigenvalue weighted by molar-refractivity contribution is 0.397. The average molecular weight is 272 g/mol. The standard InChI is InChI=1S/C15H23ClFN/c1-4-11(3)8-14(18-5-2)10-12-9-13(17)6-7-15(12)16/h6-7,9,11,14,18H,4-5,8,10H2,1-3H3. The number of rotatable bonds is 7. The van der Waals surface area contributed by atoms with Gasteiger partial charge in [-0.2, -0.15) is 0 Å². The van der Waals surface area contributed by atoms with Gasteiger partial charge in [0.25, 0.3) is 0 Å². The molecule has 1 N–H and O–H groups in total. The summed E-state index contributed by atoms with van der Waals surface area (Å²) in [6.45, 7) is 7.46. The van der Waals surface area contributed by atoms with Crippen molar-refractivity contribution >= 4 is 11.6 Å². The third kappa shape index (κ3) is 4.95. The molecule has 2 unspecified atom stereocenters. The zero-order valence-corrected chi connectivity index (χ0v) is 12.2. The second-order valence-electron chi connectivity index (χ2n) is 4.94. The van der Waals surface area contributed by atoms with E-state index in [1.807, 2.05) is 0 Å². The highest BCUT2D eigenvalue weighted by atomic mass is 35.5. The Hall–Kier alpha value is -0.600. The summed E-state index contributed by atoms with van der Waals surface area (Å²) in [6, 6.07) is 4.95. The van der Waals surface area contributed by atoms with Gasteiger partial charge in [0.15, 0.2) is 0 Å². The molecule has 0 heterocycles. The first-order valence-corrected chi connectivity index (χ1v) is 7.11. The van der Waals surface area contributed by atoms with Gasteiger partial charge in [-0.05, 0) is 49.1 Å². The Morgan fingerprint density at radius 3 is 2.67 bits per heavy atom. The van der Waals surface area contributed by atoms with Crippen molar-refractivity contribution in [3.8, 4) is 0 Å². The van der Waals surface area contributed by atoms with Crippen LogP contribution in [0.15, 0.2) is 18.2 Å². The number of nitrogens with one attached hydrogen (secondary N) is 1. The van der Waals surface area contributed by atoms with Gasteiger partial charge in [-0.3, -0.25) is 0 Å². The molecule has 0 aliphatic carbocycles. The van der Waals surface area contributed by atoms with Crippen molar-refractivity contribution in [2.45, 2.75) is 46.1 Å². The minimum absolute atomic E-state index is 0.215.